The Labute approximate surface area is 200 Å². The van der Waals surface area contributed by atoms with Crippen LogP contribution in [-0.2, 0) is 12.8 Å². The molecule has 0 fully saturated rings. The van der Waals surface area contributed by atoms with Crippen LogP contribution < -0.4 is 11.1 Å². The highest BCUT2D eigenvalue weighted by molar-refractivity contribution is 7.17. The molecule has 3 aromatic rings. The van der Waals surface area contributed by atoms with E-state index in [0.29, 0.717) is 37.9 Å². The largest absolute Gasteiger partial charge is 0.451 e. The molecule has 2 aromatic heterocycles. The fraction of sp³-hybridized carbons (Fsp3) is 0.333. The molecule has 0 aliphatic heterocycles. The Balaban J connectivity index is 1.61. The summed E-state index contributed by atoms with van der Waals surface area (Å²) in [6, 6.07) is 8.25. The third kappa shape index (κ3) is 4.45. The molecule has 1 aromatic carbocycles. The lowest BCUT2D eigenvalue weighted by Gasteiger charge is -2.33. The average Bonchev–Trinajstić information content (AvgIpc) is 3.33. The molecule has 1 aliphatic rings. The maximum Gasteiger partial charge on any atom is 0.292 e. The zero-order valence-electron chi connectivity index (χ0n) is 18.1. The Kier molecular flexibility index (Phi) is 6.14. The minimum Gasteiger partial charge on any atom is -0.451 e. The van der Waals surface area contributed by atoms with E-state index in [9.17, 15) is 9.59 Å². The number of carbonyl (C=O) groups excluding carboxylic acids is 2. The van der Waals surface area contributed by atoms with Crippen LogP contribution in [0.25, 0.3) is 11.3 Å². The maximum absolute atomic E-state index is 12.9. The van der Waals surface area contributed by atoms with E-state index in [1.165, 1.54) is 11.3 Å². The number of nitrogens with two attached hydrogens (primary N) is 1. The molecular formula is C24H24Cl2N2O3S. The molecule has 3 N–H and O–H groups in total. The number of rotatable bonds is 4. The van der Waals surface area contributed by atoms with Crippen LogP contribution >= 0.6 is 34.5 Å². The molecule has 0 unspecified atom stereocenters. The predicted octanol–water partition coefficient (Wildman–Crippen LogP) is 6.82. The number of hydrogen-bond donors (Lipinski definition) is 2. The molecule has 0 saturated carbocycles. The first kappa shape index (κ1) is 22.9. The summed E-state index contributed by atoms with van der Waals surface area (Å²) < 4.78 is 5.74. The van der Waals surface area contributed by atoms with Crippen molar-refractivity contribution in [2.75, 3.05) is 5.32 Å². The zero-order chi connectivity index (χ0) is 23.2. The van der Waals surface area contributed by atoms with Crippen LogP contribution in [0.2, 0.25) is 10.0 Å². The Bertz CT molecular complexity index is 1210. The van der Waals surface area contributed by atoms with Gasteiger partial charge in [-0.25, -0.2) is 0 Å². The monoisotopic (exact) mass is 490 g/mol. The number of carbonyl (C=O) groups is 2. The van der Waals surface area contributed by atoms with Crippen LogP contribution in [0.15, 0.2) is 34.7 Å². The Morgan fingerprint density at radius 2 is 1.94 bits per heavy atom. The topological polar surface area (TPSA) is 85.3 Å². The van der Waals surface area contributed by atoms with E-state index in [4.69, 9.17) is 33.4 Å². The summed E-state index contributed by atoms with van der Waals surface area (Å²) in [5.74, 6) is 0.0513. The summed E-state index contributed by atoms with van der Waals surface area (Å²) in [5, 5.41) is 4.28. The van der Waals surface area contributed by atoms with Gasteiger partial charge in [0.2, 0.25) is 0 Å². The molecule has 168 valence electrons. The lowest BCUT2D eigenvalue weighted by atomic mass is 9.72. The SMILES string of the molecule is CC(C)(C)[C@H]1CCc2c(sc(NC(=O)c3ccc(-c4cc(Cl)ccc4Cl)o3)c2C(N)=O)C1. The average molecular weight is 491 g/mol. The van der Waals surface area contributed by atoms with Gasteiger partial charge in [0.1, 0.15) is 10.8 Å². The molecule has 32 heavy (non-hydrogen) atoms. The summed E-state index contributed by atoms with van der Waals surface area (Å²) in [4.78, 5) is 26.3. The van der Waals surface area contributed by atoms with Crippen LogP contribution in [0.5, 0.6) is 0 Å². The number of halogens is 2. The first-order valence-electron chi connectivity index (χ1n) is 10.4. The van der Waals surface area contributed by atoms with Gasteiger partial charge in [0.25, 0.3) is 11.8 Å². The predicted molar refractivity (Wildman–Crippen MR) is 130 cm³/mol. The molecule has 4 rings (SSSR count). The molecule has 2 amide bonds. The zero-order valence-corrected chi connectivity index (χ0v) is 20.4. The standard InChI is InChI=1S/C24H24Cl2N2O3S/c1-24(2,3)12-4-6-14-19(10-12)32-23(20(14)21(27)29)28-22(30)18-9-8-17(31-18)15-11-13(25)5-7-16(15)26/h5,7-9,11-12H,4,6,10H2,1-3H3,(H2,27,29)(H,28,30)/t12-/m0/s1. The number of amides is 2. The minimum atomic E-state index is -0.530. The second kappa shape index (κ2) is 8.58. The van der Waals surface area contributed by atoms with Gasteiger partial charge >= 0.3 is 0 Å². The third-order valence-electron chi connectivity index (χ3n) is 5.99. The van der Waals surface area contributed by atoms with Crippen LogP contribution in [0, 0.1) is 11.3 Å². The van der Waals surface area contributed by atoms with Gasteiger partial charge in [-0.1, -0.05) is 44.0 Å². The quantitative estimate of drug-likeness (QED) is 0.420. The van der Waals surface area contributed by atoms with Crippen LogP contribution in [0.1, 0.15) is 58.5 Å². The maximum atomic E-state index is 12.9. The second-order valence-electron chi connectivity index (χ2n) is 9.12. The number of nitrogens with one attached hydrogen (secondary N) is 1. The molecular weight excluding hydrogens is 467 g/mol. The molecule has 1 atom stereocenters. The Morgan fingerprint density at radius 3 is 2.62 bits per heavy atom. The summed E-state index contributed by atoms with van der Waals surface area (Å²) in [6.07, 6.45) is 2.64. The van der Waals surface area contributed by atoms with Crippen molar-refractivity contribution in [3.63, 3.8) is 0 Å². The minimum absolute atomic E-state index is 0.102. The number of fused-ring (bicyclic) bond motifs is 1. The summed E-state index contributed by atoms with van der Waals surface area (Å²) >= 11 is 13.7. The smallest absolute Gasteiger partial charge is 0.292 e. The third-order valence-corrected chi connectivity index (χ3v) is 7.72. The van der Waals surface area contributed by atoms with Crippen molar-refractivity contribution in [3.8, 4) is 11.3 Å². The van der Waals surface area contributed by atoms with Gasteiger partial charge < -0.3 is 15.5 Å². The number of benzene rings is 1. The molecule has 0 saturated heterocycles. The Hall–Kier alpha value is -2.28. The van der Waals surface area contributed by atoms with E-state index in [-0.39, 0.29) is 11.2 Å². The normalized spacial score (nSPS) is 16.0. The van der Waals surface area contributed by atoms with E-state index >= 15 is 0 Å². The first-order chi connectivity index (χ1) is 15.0. The van der Waals surface area contributed by atoms with E-state index < -0.39 is 11.8 Å². The van der Waals surface area contributed by atoms with Gasteiger partial charge in [0.05, 0.1) is 10.6 Å². The van der Waals surface area contributed by atoms with Crippen LogP contribution in [0.3, 0.4) is 0 Å². The lowest BCUT2D eigenvalue weighted by molar-refractivity contribution is 0.0997. The molecule has 1 aliphatic carbocycles. The van der Waals surface area contributed by atoms with E-state index in [0.717, 1.165) is 29.7 Å². The second-order valence-corrected chi connectivity index (χ2v) is 11.1. The molecule has 5 nitrogen and oxygen atoms in total. The van der Waals surface area contributed by atoms with Gasteiger partial charge in [-0.2, -0.15) is 0 Å². The highest BCUT2D eigenvalue weighted by Crippen LogP contribution is 2.44. The van der Waals surface area contributed by atoms with Crippen molar-refractivity contribution in [1.29, 1.82) is 0 Å². The number of primary amides is 1. The lowest BCUT2D eigenvalue weighted by Crippen LogP contribution is -2.27. The highest BCUT2D eigenvalue weighted by Gasteiger charge is 2.33. The van der Waals surface area contributed by atoms with Gasteiger partial charge in [-0.3, -0.25) is 9.59 Å². The molecule has 2 heterocycles. The molecule has 8 heteroatoms. The first-order valence-corrected chi connectivity index (χ1v) is 11.9. The fourth-order valence-corrected chi connectivity index (χ4v) is 5.84. The van der Waals surface area contributed by atoms with Gasteiger partial charge in [-0.05, 0) is 66.5 Å². The number of anilines is 1. The van der Waals surface area contributed by atoms with Crippen molar-refractivity contribution >= 4 is 51.4 Å². The highest BCUT2D eigenvalue weighted by atomic mass is 35.5. The number of hydrogen-bond acceptors (Lipinski definition) is 4. The van der Waals surface area contributed by atoms with Gasteiger partial charge in [0.15, 0.2) is 5.76 Å². The Morgan fingerprint density at radius 1 is 1.19 bits per heavy atom. The van der Waals surface area contributed by atoms with Crippen LogP contribution in [-0.4, -0.2) is 11.8 Å². The fourth-order valence-electron chi connectivity index (χ4n) is 4.13. The van der Waals surface area contributed by atoms with Crippen molar-refractivity contribution < 1.29 is 14.0 Å². The van der Waals surface area contributed by atoms with Crippen molar-refractivity contribution in [2.24, 2.45) is 17.1 Å². The van der Waals surface area contributed by atoms with Crippen molar-refractivity contribution in [3.05, 3.63) is 62.1 Å². The molecule has 0 bridgehead atoms. The van der Waals surface area contributed by atoms with Crippen molar-refractivity contribution in [1.82, 2.24) is 0 Å². The summed E-state index contributed by atoms with van der Waals surface area (Å²) in [7, 11) is 0. The summed E-state index contributed by atoms with van der Waals surface area (Å²) in [5.41, 5.74) is 7.83. The number of thiophene rings is 1. The van der Waals surface area contributed by atoms with Crippen molar-refractivity contribution in [2.45, 2.75) is 40.0 Å². The summed E-state index contributed by atoms with van der Waals surface area (Å²) in [6.45, 7) is 6.69. The number of furan rings is 1. The van der Waals surface area contributed by atoms with Gasteiger partial charge in [-0.15, -0.1) is 11.3 Å². The molecule has 0 spiro atoms. The van der Waals surface area contributed by atoms with E-state index in [1.807, 2.05) is 0 Å². The van der Waals surface area contributed by atoms with E-state index in [2.05, 4.69) is 26.1 Å². The van der Waals surface area contributed by atoms with E-state index in [1.54, 1.807) is 30.3 Å². The molecule has 0 radical (unpaired) electrons. The van der Waals surface area contributed by atoms with Crippen LogP contribution in [0.4, 0.5) is 5.00 Å². The van der Waals surface area contributed by atoms with Gasteiger partial charge in [0, 0.05) is 15.5 Å².